The molecule has 3 aromatic rings. The average molecular weight is 422 g/mol. The summed E-state index contributed by atoms with van der Waals surface area (Å²) in [5, 5.41) is 6.89. The molecule has 0 saturated heterocycles. The van der Waals surface area contributed by atoms with Crippen LogP contribution in [0.25, 0.3) is 0 Å². The van der Waals surface area contributed by atoms with Gasteiger partial charge in [0.15, 0.2) is 17.7 Å². The molecule has 10 heteroatoms. The molecule has 0 bridgehead atoms. The van der Waals surface area contributed by atoms with Crippen molar-refractivity contribution in [1.82, 2.24) is 25.3 Å². The Hall–Kier alpha value is -3.95. The zero-order chi connectivity index (χ0) is 21.8. The van der Waals surface area contributed by atoms with Gasteiger partial charge >= 0.3 is 0 Å². The summed E-state index contributed by atoms with van der Waals surface area (Å²) < 4.78 is 18.5. The van der Waals surface area contributed by atoms with E-state index in [0.29, 0.717) is 29.2 Å². The van der Waals surface area contributed by atoms with Crippen LogP contribution in [0.2, 0.25) is 0 Å². The Labute approximate surface area is 177 Å². The van der Waals surface area contributed by atoms with E-state index >= 15 is 0 Å². The lowest BCUT2D eigenvalue weighted by Gasteiger charge is -2.09. The number of benzene rings is 1. The molecule has 1 aliphatic heterocycles. The van der Waals surface area contributed by atoms with E-state index in [9.17, 15) is 9.18 Å². The van der Waals surface area contributed by atoms with Crippen molar-refractivity contribution in [1.29, 1.82) is 0 Å². The smallest absolute Gasteiger partial charge is 0.270 e. The Morgan fingerprint density at radius 2 is 2.06 bits per heavy atom. The molecule has 2 aromatic heterocycles. The van der Waals surface area contributed by atoms with Crippen LogP contribution in [-0.2, 0) is 11.4 Å². The van der Waals surface area contributed by atoms with Gasteiger partial charge in [0.1, 0.15) is 23.6 Å². The van der Waals surface area contributed by atoms with Crippen LogP contribution in [-0.4, -0.2) is 38.7 Å². The molecule has 3 heterocycles. The molecule has 4 rings (SSSR count). The Kier molecular flexibility index (Phi) is 5.78. The maximum atomic E-state index is 13.5. The number of oxime groups is 1. The zero-order valence-electron chi connectivity index (χ0n) is 16.9. The van der Waals surface area contributed by atoms with Gasteiger partial charge in [-0.2, -0.15) is 0 Å². The molecule has 0 aliphatic carbocycles. The normalized spacial score (nSPS) is 15.2. The molecule has 1 atom stereocenters. The van der Waals surface area contributed by atoms with Gasteiger partial charge in [0.2, 0.25) is 0 Å². The summed E-state index contributed by atoms with van der Waals surface area (Å²) in [6.07, 6.45) is 4.95. The van der Waals surface area contributed by atoms with Gasteiger partial charge in [-0.05, 0) is 30.7 Å². The van der Waals surface area contributed by atoms with Crippen LogP contribution in [0.3, 0.4) is 0 Å². The van der Waals surface area contributed by atoms with Crippen LogP contribution in [0.15, 0.2) is 48.1 Å². The van der Waals surface area contributed by atoms with Gasteiger partial charge < -0.3 is 14.9 Å². The first-order chi connectivity index (χ1) is 15.0. The standard InChI is InChI=1S/C21H19FN6O3/c1-12-26-16(17-7-19(31-28-17)14-9-23-11-24-10-14)6-18(27-12)21(29)25-8-13-3-4-15(22)20(5-13)30-2/h3-6,9-11,19H,7-8H2,1-2H3,(H,25,29). The van der Waals surface area contributed by atoms with Gasteiger partial charge in [-0.15, -0.1) is 0 Å². The lowest BCUT2D eigenvalue weighted by Crippen LogP contribution is -2.25. The van der Waals surface area contributed by atoms with Gasteiger partial charge in [-0.1, -0.05) is 11.2 Å². The number of ether oxygens (including phenoxy) is 1. The number of aromatic nitrogens is 4. The fraction of sp³-hybridized carbons (Fsp3) is 0.238. The number of rotatable bonds is 6. The second kappa shape index (κ2) is 8.82. The summed E-state index contributed by atoms with van der Waals surface area (Å²) in [7, 11) is 1.39. The maximum absolute atomic E-state index is 13.5. The highest BCUT2D eigenvalue weighted by Crippen LogP contribution is 2.28. The monoisotopic (exact) mass is 422 g/mol. The fourth-order valence-corrected chi connectivity index (χ4v) is 3.10. The number of carbonyl (C=O) groups excluding carboxylic acids is 1. The van der Waals surface area contributed by atoms with Crippen LogP contribution in [0, 0.1) is 12.7 Å². The second-order valence-corrected chi connectivity index (χ2v) is 6.85. The highest BCUT2D eigenvalue weighted by molar-refractivity contribution is 6.02. The number of nitrogens with zero attached hydrogens (tertiary/aromatic N) is 5. The predicted octanol–water partition coefficient (Wildman–Crippen LogP) is 2.52. The molecule has 1 aromatic carbocycles. The molecule has 0 spiro atoms. The number of nitrogens with one attached hydrogen (secondary N) is 1. The molecular formula is C21H19FN6O3. The van der Waals surface area contributed by atoms with Crippen LogP contribution in [0.5, 0.6) is 5.75 Å². The minimum Gasteiger partial charge on any atom is -0.494 e. The van der Waals surface area contributed by atoms with Crippen molar-refractivity contribution >= 4 is 11.6 Å². The van der Waals surface area contributed by atoms with E-state index in [4.69, 9.17) is 9.57 Å². The third kappa shape index (κ3) is 4.63. The van der Waals surface area contributed by atoms with Crippen molar-refractivity contribution in [3.8, 4) is 5.75 Å². The number of amides is 1. The van der Waals surface area contributed by atoms with E-state index in [0.717, 1.165) is 5.56 Å². The van der Waals surface area contributed by atoms with E-state index in [2.05, 4.69) is 30.4 Å². The minimum atomic E-state index is -0.464. The predicted molar refractivity (Wildman–Crippen MR) is 108 cm³/mol. The van der Waals surface area contributed by atoms with Gasteiger partial charge in [0.05, 0.1) is 12.8 Å². The summed E-state index contributed by atoms with van der Waals surface area (Å²) in [6.45, 7) is 1.89. The minimum absolute atomic E-state index is 0.115. The molecule has 1 aliphatic rings. The topological polar surface area (TPSA) is 111 Å². The van der Waals surface area contributed by atoms with E-state index in [-0.39, 0.29) is 30.0 Å². The number of carbonyl (C=O) groups is 1. The summed E-state index contributed by atoms with van der Waals surface area (Å²) in [5.41, 5.74) is 2.82. The van der Waals surface area contributed by atoms with Crippen LogP contribution in [0.4, 0.5) is 4.39 Å². The number of hydrogen-bond acceptors (Lipinski definition) is 8. The van der Waals surface area contributed by atoms with Gasteiger partial charge in [0, 0.05) is 30.9 Å². The van der Waals surface area contributed by atoms with Crippen LogP contribution < -0.4 is 10.1 Å². The molecule has 1 unspecified atom stereocenters. The zero-order valence-corrected chi connectivity index (χ0v) is 16.9. The lowest BCUT2D eigenvalue weighted by molar-refractivity contribution is 0.0852. The Balaban J connectivity index is 1.46. The first-order valence-corrected chi connectivity index (χ1v) is 9.47. The SMILES string of the molecule is COc1cc(CNC(=O)c2cc(C3=NOC(c4cncnc4)C3)nc(C)n2)ccc1F. The highest BCUT2D eigenvalue weighted by atomic mass is 19.1. The van der Waals surface area contributed by atoms with Crippen molar-refractivity contribution in [2.24, 2.45) is 5.16 Å². The van der Waals surface area contributed by atoms with E-state index in [1.54, 1.807) is 31.5 Å². The number of hydrogen-bond donors (Lipinski definition) is 1. The number of aryl methyl sites for hydroxylation is 1. The first-order valence-electron chi connectivity index (χ1n) is 9.47. The molecule has 0 fully saturated rings. The summed E-state index contributed by atoms with van der Waals surface area (Å²) >= 11 is 0. The van der Waals surface area contributed by atoms with E-state index in [1.165, 1.54) is 25.6 Å². The molecule has 1 N–H and O–H groups in total. The molecule has 0 radical (unpaired) electrons. The summed E-state index contributed by atoms with van der Waals surface area (Å²) in [6, 6.07) is 5.97. The van der Waals surface area contributed by atoms with Gasteiger partial charge in [-0.25, -0.2) is 24.3 Å². The van der Waals surface area contributed by atoms with Gasteiger partial charge in [-0.3, -0.25) is 4.79 Å². The second-order valence-electron chi connectivity index (χ2n) is 6.85. The van der Waals surface area contributed by atoms with Crippen molar-refractivity contribution < 1.29 is 18.8 Å². The first kappa shape index (κ1) is 20.3. The quantitative estimate of drug-likeness (QED) is 0.650. The van der Waals surface area contributed by atoms with Gasteiger partial charge in [0.25, 0.3) is 5.91 Å². The van der Waals surface area contributed by atoms with Crippen LogP contribution in [0.1, 0.15) is 45.7 Å². The number of halogens is 1. The van der Waals surface area contributed by atoms with Crippen molar-refractivity contribution in [2.45, 2.75) is 26.0 Å². The maximum Gasteiger partial charge on any atom is 0.270 e. The molecule has 1 amide bonds. The summed E-state index contributed by atoms with van der Waals surface area (Å²) in [5.74, 6) is -0.305. The molecule has 158 valence electrons. The summed E-state index contributed by atoms with van der Waals surface area (Å²) in [4.78, 5) is 34.7. The third-order valence-corrected chi connectivity index (χ3v) is 4.66. The fourth-order valence-electron chi connectivity index (χ4n) is 3.10. The highest BCUT2D eigenvalue weighted by Gasteiger charge is 2.26. The van der Waals surface area contributed by atoms with Crippen molar-refractivity contribution in [2.75, 3.05) is 7.11 Å². The Morgan fingerprint density at radius 1 is 1.26 bits per heavy atom. The lowest BCUT2D eigenvalue weighted by atomic mass is 10.1. The Morgan fingerprint density at radius 3 is 2.84 bits per heavy atom. The molecule has 0 saturated carbocycles. The van der Waals surface area contributed by atoms with E-state index < -0.39 is 5.82 Å². The third-order valence-electron chi connectivity index (χ3n) is 4.66. The molecular weight excluding hydrogens is 403 g/mol. The number of methoxy groups -OCH3 is 1. The average Bonchev–Trinajstić information content (AvgIpc) is 3.29. The van der Waals surface area contributed by atoms with Crippen LogP contribution >= 0.6 is 0 Å². The van der Waals surface area contributed by atoms with E-state index in [1.807, 2.05) is 0 Å². The largest absolute Gasteiger partial charge is 0.494 e. The van der Waals surface area contributed by atoms with Crippen molar-refractivity contribution in [3.05, 3.63) is 77.1 Å². The Bertz CT molecular complexity index is 1140. The molecule has 31 heavy (non-hydrogen) atoms. The van der Waals surface area contributed by atoms with Crippen molar-refractivity contribution in [3.63, 3.8) is 0 Å². The molecule has 9 nitrogen and oxygen atoms in total.